The second-order valence-electron chi connectivity index (χ2n) is 5.76. The van der Waals surface area contributed by atoms with Crippen LogP contribution < -0.4 is 0 Å². The Morgan fingerprint density at radius 1 is 0.923 bits per heavy atom. The normalized spacial score (nSPS) is 62.0. The van der Waals surface area contributed by atoms with E-state index in [2.05, 4.69) is 0 Å². The number of ketones is 1. The third kappa shape index (κ3) is 0.660. The van der Waals surface area contributed by atoms with Gasteiger partial charge in [-0.25, -0.2) is 0 Å². The maximum Gasteiger partial charge on any atom is 0.136 e. The molecule has 0 N–H and O–H groups in total. The van der Waals surface area contributed by atoms with Crippen LogP contribution in [0.15, 0.2) is 0 Å². The van der Waals surface area contributed by atoms with E-state index in [1.165, 1.54) is 25.7 Å². The molecule has 0 aromatic carbocycles. The van der Waals surface area contributed by atoms with Crippen molar-refractivity contribution in [1.29, 1.82) is 0 Å². The third-order valence-corrected chi connectivity index (χ3v) is 5.49. The number of rotatable bonds is 0. The zero-order chi connectivity index (χ0) is 8.58. The van der Waals surface area contributed by atoms with E-state index in [-0.39, 0.29) is 0 Å². The molecule has 0 amide bonds. The van der Waals surface area contributed by atoms with Crippen molar-refractivity contribution in [1.82, 2.24) is 0 Å². The van der Waals surface area contributed by atoms with Gasteiger partial charge in [0.1, 0.15) is 5.78 Å². The summed E-state index contributed by atoms with van der Waals surface area (Å²) < 4.78 is 0. The van der Waals surface area contributed by atoms with Crippen molar-refractivity contribution in [2.45, 2.75) is 32.1 Å². The lowest BCUT2D eigenvalue weighted by Crippen LogP contribution is -2.32. The lowest BCUT2D eigenvalue weighted by Gasteiger charge is -2.33. The van der Waals surface area contributed by atoms with Crippen LogP contribution in [0.5, 0.6) is 0 Å². The molecule has 6 atom stereocenters. The number of hydrogen-bond donors (Lipinski definition) is 0. The van der Waals surface area contributed by atoms with Gasteiger partial charge in [-0.15, -0.1) is 0 Å². The van der Waals surface area contributed by atoms with Gasteiger partial charge in [0.25, 0.3) is 0 Å². The molecule has 1 heteroatoms. The summed E-state index contributed by atoms with van der Waals surface area (Å²) in [5.74, 6) is 5.86. The fourth-order valence-corrected chi connectivity index (χ4v) is 5.29. The van der Waals surface area contributed by atoms with Crippen LogP contribution in [-0.4, -0.2) is 5.78 Å². The molecule has 0 aliphatic heterocycles. The highest BCUT2D eigenvalue weighted by Gasteiger charge is 2.62. The molecule has 4 fully saturated rings. The quantitative estimate of drug-likeness (QED) is 0.517. The van der Waals surface area contributed by atoms with Gasteiger partial charge in [0.05, 0.1) is 0 Å². The van der Waals surface area contributed by atoms with Crippen molar-refractivity contribution < 1.29 is 4.79 Å². The van der Waals surface area contributed by atoms with Crippen molar-refractivity contribution in [2.75, 3.05) is 0 Å². The fraction of sp³-hybridized carbons (Fsp3) is 0.917. The van der Waals surface area contributed by atoms with E-state index >= 15 is 0 Å². The van der Waals surface area contributed by atoms with E-state index in [1.807, 2.05) is 0 Å². The topological polar surface area (TPSA) is 17.1 Å². The van der Waals surface area contributed by atoms with Crippen LogP contribution in [0.1, 0.15) is 32.1 Å². The first-order valence-corrected chi connectivity index (χ1v) is 5.87. The van der Waals surface area contributed by atoms with Crippen molar-refractivity contribution in [3.63, 3.8) is 0 Å². The highest BCUT2D eigenvalue weighted by atomic mass is 16.1. The molecular weight excluding hydrogens is 160 g/mol. The number of hydrogen-bond acceptors (Lipinski definition) is 1. The predicted octanol–water partition coefficient (Wildman–Crippen LogP) is 2.26. The molecule has 0 saturated heterocycles. The monoisotopic (exact) mass is 176 g/mol. The zero-order valence-electron chi connectivity index (χ0n) is 7.91. The summed E-state index contributed by atoms with van der Waals surface area (Å²) in [6.07, 6.45) is 6.65. The van der Waals surface area contributed by atoms with E-state index < -0.39 is 0 Å². The standard InChI is InChI=1S/C12H16O/c13-10-5-8-4-9(10)12-7-2-1-6(3-7)11(8)12/h6-9,11-12H,1-5H2/t6-,7+,8+,9-,11+,12-/m1/s1. The molecule has 0 aromatic heterocycles. The second-order valence-corrected chi connectivity index (χ2v) is 5.76. The minimum atomic E-state index is 0.533. The summed E-state index contributed by atoms with van der Waals surface area (Å²) >= 11 is 0. The Bertz CT molecular complexity index is 283. The number of Topliss-reactive ketones (excluding diaryl/α,β-unsaturated/α-hetero) is 1. The molecule has 4 bridgehead atoms. The SMILES string of the molecule is O=C1C[C@@H]2C[C@H]1[C@H]1[C@H]3CC[C@H](C3)[C@@H]21. The van der Waals surface area contributed by atoms with Crippen LogP contribution in [0.2, 0.25) is 0 Å². The van der Waals surface area contributed by atoms with E-state index in [9.17, 15) is 4.79 Å². The van der Waals surface area contributed by atoms with Crippen LogP contribution >= 0.6 is 0 Å². The van der Waals surface area contributed by atoms with Crippen molar-refractivity contribution in [2.24, 2.45) is 35.5 Å². The Morgan fingerprint density at radius 2 is 1.69 bits per heavy atom. The maximum absolute atomic E-state index is 11.7. The second kappa shape index (κ2) is 2.02. The summed E-state index contributed by atoms with van der Waals surface area (Å²) in [7, 11) is 0. The molecule has 70 valence electrons. The van der Waals surface area contributed by atoms with Crippen LogP contribution in [0, 0.1) is 35.5 Å². The molecule has 0 radical (unpaired) electrons. The lowest BCUT2D eigenvalue weighted by atomic mass is 9.71. The van der Waals surface area contributed by atoms with Crippen LogP contribution in [0.25, 0.3) is 0 Å². The van der Waals surface area contributed by atoms with E-state index in [0.717, 1.165) is 36.0 Å². The first-order valence-electron chi connectivity index (χ1n) is 5.87. The van der Waals surface area contributed by atoms with Crippen molar-refractivity contribution in [3.05, 3.63) is 0 Å². The van der Waals surface area contributed by atoms with Gasteiger partial charge < -0.3 is 0 Å². The summed E-state index contributed by atoms with van der Waals surface area (Å²) in [5, 5.41) is 0. The number of carbonyl (C=O) groups excluding carboxylic acids is 1. The minimum absolute atomic E-state index is 0.533. The average Bonchev–Trinajstić information content (AvgIpc) is 2.78. The highest BCUT2D eigenvalue weighted by Crippen LogP contribution is 2.66. The van der Waals surface area contributed by atoms with Gasteiger partial charge in [0.15, 0.2) is 0 Å². The first-order chi connectivity index (χ1) is 6.34. The Labute approximate surface area is 78.9 Å². The summed E-state index contributed by atoms with van der Waals surface area (Å²) in [4.78, 5) is 11.7. The van der Waals surface area contributed by atoms with Gasteiger partial charge in [-0.2, -0.15) is 0 Å². The molecule has 4 rings (SSSR count). The van der Waals surface area contributed by atoms with E-state index in [4.69, 9.17) is 0 Å². The zero-order valence-corrected chi connectivity index (χ0v) is 7.91. The van der Waals surface area contributed by atoms with Gasteiger partial charge in [-0.3, -0.25) is 4.79 Å². The van der Waals surface area contributed by atoms with Crippen LogP contribution in [-0.2, 0) is 4.79 Å². The van der Waals surface area contributed by atoms with Gasteiger partial charge in [0.2, 0.25) is 0 Å². The Hall–Kier alpha value is -0.330. The lowest BCUT2D eigenvalue weighted by molar-refractivity contribution is -0.125. The van der Waals surface area contributed by atoms with Crippen molar-refractivity contribution >= 4 is 5.78 Å². The Kier molecular flexibility index (Phi) is 1.09. The summed E-state index contributed by atoms with van der Waals surface area (Å²) in [6, 6.07) is 0. The minimum Gasteiger partial charge on any atom is -0.299 e. The Balaban J connectivity index is 1.78. The molecule has 4 aliphatic carbocycles. The molecule has 0 heterocycles. The van der Waals surface area contributed by atoms with Gasteiger partial charge >= 0.3 is 0 Å². The van der Waals surface area contributed by atoms with Gasteiger partial charge in [-0.05, 0) is 55.3 Å². The molecule has 13 heavy (non-hydrogen) atoms. The Morgan fingerprint density at radius 3 is 2.54 bits per heavy atom. The highest BCUT2D eigenvalue weighted by molar-refractivity contribution is 5.85. The average molecular weight is 176 g/mol. The molecule has 4 saturated carbocycles. The van der Waals surface area contributed by atoms with Gasteiger partial charge in [0, 0.05) is 12.3 Å². The summed E-state index contributed by atoms with van der Waals surface area (Å²) in [6.45, 7) is 0. The molecule has 0 aromatic rings. The van der Waals surface area contributed by atoms with Crippen LogP contribution in [0.4, 0.5) is 0 Å². The van der Waals surface area contributed by atoms with Crippen LogP contribution in [0.3, 0.4) is 0 Å². The van der Waals surface area contributed by atoms with E-state index in [1.54, 1.807) is 0 Å². The third-order valence-electron chi connectivity index (χ3n) is 5.49. The predicted molar refractivity (Wildman–Crippen MR) is 49.0 cm³/mol. The van der Waals surface area contributed by atoms with Gasteiger partial charge in [-0.1, -0.05) is 0 Å². The number of carbonyl (C=O) groups is 1. The molecule has 1 nitrogen and oxygen atoms in total. The molecular formula is C12H16O. The smallest absolute Gasteiger partial charge is 0.136 e. The number of fused-ring (bicyclic) bond motifs is 9. The van der Waals surface area contributed by atoms with E-state index in [0.29, 0.717) is 11.7 Å². The molecule has 4 aliphatic rings. The van der Waals surface area contributed by atoms with Crippen molar-refractivity contribution in [3.8, 4) is 0 Å². The molecule has 0 unspecified atom stereocenters. The first kappa shape index (κ1) is 7.03. The molecule has 0 spiro atoms. The maximum atomic E-state index is 11.7. The fourth-order valence-electron chi connectivity index (χ4n) is 5.29. The largest absolute Gasteiger partial charge is 0.299 e. The summed E-state index contributed by atoms with van der Waals surface area (Å²) in [5.41, 5.74) is 0.